The predicted molar refractivity (Wildman–Crippen MR) is 122 cm³/mol. The summed E-state index contributed by atoms with van der Waals surface area (Å²) in [4.78, 5) is 29.1. The Morgan fingerprint density at radius 2 is 2.06 bits per heavy atom. The van der Waals surface area contributed by atoms with Gasteiger partial charge in [-0.15, -0.1) is 0 Å². The minimum atomic E-state index is -0.545. The van der Waals surface area contributed by atoms with Crippen LogP contribution in [-0.2, 0) is 33.9 Å². The number of carbonyl (C=O) groups excluding carboxylic acids is 2. The van der Waals surface area contributed by atoms with E-state index in [-0.39, 0.29) is 19.0 Å². The maximum atomic E-state index is 15.1. The third-order valence-corrected chi connectivity index (χ3v) is 6.51. The summed E-state index contributed by atoms with van der Waals surface area (Å²) in [5.74, 6) is -0.589. The first-order valence-corrected chi connectivity index (χ1v) is 11.6. The van der Waals surface area contributed by atoms with Crippen molar-refractivity contribution >= 4 is 23.4 Å². The minimum Gasteiger partial charge on any atom is -0.442 e. The Morgan fingerprint density at radius 1 is 1.24 bits per heavy atom. The highest BCUT2D eigenvalue weighted by Crippen LogP contribution is 2.33. The Morgan fingerprint density at radius 3 is 2.82 bits per heavy atom. The second-order valence-corrected chi connectivity index (χ2v) is 8.84. The van der Waals surface area contributed by atoms with Crippen LogP contribution < -0.4 is 15.1 Å². The number of carbonyl (C=O) groups is 2. The number of nitrogens with one attached hydrogen (secondary N) is 1. The molecule has 182 valence electrons. The molecule has 34 heavy (non-hydrogen) atoms. The van der Waals surface area contributed by atoms with Gasteiger partial charge in [-0.25, -0.2) is 9.18 Å². The van der Waals surface area contributed by atoms with E-state index in [1.807, 2.05) is 15.8 Å². The van der Waals surface area contributed by atoms with Gasteiger partial charge in [0.05, 0.1) is 62.7 Å². The molecule has 0 aliphatic carbocycles. The first-order valence-electron chi connectivity index (χ1n) is 11.6. The van der Waals surface area contributed by atoms with Crippen LogP contribution in [0.2, 0.25) is 0 Å². The molecule has 2 fully saturated rings. The van der Waals surface area contributed by atoms with Crippen molar-refractivity contribution in [1.29, 1.82) is 0 Å². The van der Waals surface area contributed by atoms with E-state index >= 15 is 4.39 Å². The highest BCUT2D eigenvalue weighted by molar-refractivity contribution is 5.90. The second kappa shape index (κ2) is 9.59. The molecule has 2 aromatic rings. The lowest BCUT2D eigenvalue weighted by Gasteiger charge is -2.26. The molecule has 3 aliphatic heterocycles. The molecule has 2 amide bonds. The number of hydrogen-bond acceptors (Lipinski definition) is 7. The zero-order valence-corrected chi connectivity index (χ0v) is 19.2. The molecule has 3 aliphatic rings. The van der Waals surface area contributed by atoms with Gasteiger partial charge >= 0.3 is 6.09 Å². The zero-order chi connectivity index (χ0) is 23.7. The molecular weight excluding hydrogens is 443 g/mol. The van der Waals surface area contributed by atoms with Crippen LogP contribution in [0, 0.1) is 5.82 Å². The van der Waals surface area contributed by atoms with Gasteiger partial charge in [0.1, 0.15) is 11.9 Å². The molecule has 1 aromatic heterocycles. The van der Waals surface area contributed by atoms with E-state index in [2.05, 4.69) is 15.3 Å². The van der Waals surface area contributed by atoms with E-state index in [0.29, 0.717) is 24.5 Å². The molecule has 11 heteroatoms. The summed E-state index contributed by atoms with van der Waals surface area (Å²) in [6.45, 7) is 8.18. The number of aromatic nitrogens is 2. The van der Waals surface area contributed by atoms with Gasteiger partial charge in [-0.05, 0) is 18.2 Å². The summed E-state index contributed by atoms with van der Waals surface area (Å²) in [7, 11) is 0. The summed E-state index contributed by atoms with van der Waals surface area (Å²) in [6.07, 6.45) is 0.861. The van der Waals surface area contributed by atoms with Gasteiger partial charge in [0.2, 0.25) is 5.91 Å². The van der Waals surface area contributed by atoms with Gasteiger partial charge in [0, 0.05) is 38.7 Å². The minimum absolute atomic E-state index is 0.194. The molecule has 0 bridgehead atoms. The van der Waals surface area contributed by atoms with Crippen LogP contribution in [0.1, 0.15) is 18.2 Å². The SMILES string of the molecule is CC(=O)NC[C@H]1CN(c2ccc(N3Cc4cnn(CCN5CCOCC5)c4C3)c(F)c2)C(=O)O1. The van der Waals surface area contributed by atoms with Crippen LogP contribution in [-0.4, -0.2) is 78.7 Å². The van der Waals surface area contributed by atoms with Crippen molar-refractivity contribution in [2.45, 2.75) is 32.7 Å². The van der Waals surface area contributed by atoms with E-state index in [4.69, 9.17) is 9.47 Å². The lowest BCUT2D eigenvalue weighted by molar-refractivity contribution is -0.119. The Labute approximate surface area is 197 Å². The Bertz CT molecular complexity index is 1070. The summed E-state index contributed by atoms with van der Waals surface area (Å²) >= 11 is 0. The smallest absolute Gasteiger partial charge is 0.414 e. The number of amides is 2. The van der Waals surface area contributed by atoms with E-state index in [0.717, 1.165) is 50.7 Å². The molecular formula is C23H29FN6O4. The molecule has 10 nitrogen and oxygen atoms in total. The van der Waals surface area contributed by atoms with Crippen LogP contribution in [0.25, 0.3) is 0 Å². The maximum absolute atomic E-state index is 15.1. The topological polar surface area (TPSA) is 92.2 Å². The van der Waals surface area contributed by atoms with E-state index in [1.165, 1.54) is 17.9 Å². The number of rotatable bonds is 7. The van der Waals surface area contributed by atoms with Crippen molar-refractivity contribution in [3.63, 3.8) is 0 Å². The highest BCUT2D eigenvalue weighted by atomic mass is 19.1. The van der Waals surface area contributed by atoms with Crippen molar-refractivity contribution in [1.82, 2.24) is 20.0 Å². The number of morpholine rings is 1. The number of fused-ring (bicyclic) bond motifs is 1. The van der Waals surface area contributed by atoms with Crippen molar-refractivity contribution in [3.8, 4) is 0 Å². The Balaban J connectivity index is 1.22. The number of halogens is 1. The monoisotopic (exact) mass is 472 g/mol. The standard InChI is InChI=1S/C23H29FN6O4/c1-16(31)25-12-19-14-29(23(32)34-19)18-2-3-21(20(24)10-18)28-13-17-11-26-30(22(17)15-28)5-4-27-6-8-33-9-7-27/h2-3,10-11,19H,4-9,12-15H2,1H3,(H,25,31)/t19-/m0/s1. The fourth-order valence-electron chi connectivity index (χ4n) is 4.65. The fourth-order valence-corrected chi connectivity index (χ4v) is 4.65. The molecule has 0 radical (unpaired) electrons. The molecule has 1 atom stereocenters. The molecule has 2 saturated heterocycles. The van der Waals surface area contributed by atoms with Crippen molar-refractivity contribution in [3.05, 3.63) is 41.5 Å². The van der Waals surface area contributed by atoms with Gasteiger partial charge < -0.3 is 19.7 Å². The third kappa shape index (κ3) is 4.71. The number of benzene rings is 1. The normalized spacial score (nSPS) is 20.5. The van der Waals surface area contributed by atoms with Crippen LogP contribution in [0.15, 0.2) is 24.4 Å². The first kappa shape index (κ1) is 22.6. The zero-order valence-electron chi connectivity index (χ0n) is 19.2. The first-order chi connectivity index (χ1) is 16.5. The Kier molecular flexibility index (Phi) is 6.38. The summed E-state index contributed by atoms with van der Waals surface area (Å²) < 4.78 is 27.8. The Hall–Kier alpha value is -3.18. The highest BCUT2D eigenvalue weighted by Gasteiger charge is 2.33. The quantitative estimate of drug-likeness (QED) is 0.650. The number of hydrogen-bond donors (Lipinski definition) is 1. The molecule has 0 saturated carbocycles. The lowest BCUT2D eigenvalue weighted by atomic mass is 10.2. The van der Waals surface area contributed by atoms with Crippen molar-refractivity contribution < 1.29 is 23.5 Å². The average molecular weight is 473 g/mol. The largest absolute Gasteiger partial charge is 0.442 e. The average Bonchev–Trinajstić information content (AvgIpc) is 3.51. The number of ether oxygens (including phenoxy) is 2. The number of anilines is 2. The summed E-state index contributed by atoms with van der Waals surface area (Å²) in [6, 6.07) is 4.80. The van der Waals surface area contributed by atoms with E-state index < -0.39 is 18.0 Å². The molecule has 0 unspecified atom stereocenters. The van der Waals surface area contributed by atoms with Crippen LogP contribution in [0.4, 0.5) is 20.6 Å². The van der Waals surface area contributed by atoms with Gasteiger partial charge in [0.25, 0.3) is 0 Å². The predicted octanol–water partition coefficient (Wildman–Crippen LogP) is 1.34. The molecule has 1 aromatic carbocycles. The van der Waals surface area contributed by atoms with Crippen LogP contribution >= 0.6 is 0 Å². The molecule has 4 heterocycles. The van der Waals surface area contributed by atoms with E-state index in [1.54, 1.807) is 12.1 Å². The molecule has 5 rings (SSSR count). The second-order valence-electron chi connectivity index (χ2n) is 8.84. The maximum Gasteiger partial charge on any atom is 0.414 e. The lowest BCUT2D eigenvalue weighted by Crippen LogP contribution is -2.38. The number of cyclic esters (lactones) is 1. The fraction of sp³-hybridized carbons (Fsp3) is 0.522. The van der Waals surface area contributed by atoms with Gasteiger partial charge in [0.15, 0.2) is 0 Å². The summed E-state index contributed by atoms with van der Waals surface area (Å²) in [5, 5.41) is 7.17. The summed E-state index contributed by atoms with van der Waals surface area (Å²) in [5.41, 5.74) is 3.14. The van der Waals surface area contributed by atoms with Crippen molar-refractivity contribution in [2.24, 2.45) is 0 Å². The number of nitrogens with zero attached hydrogens (tertiary/aromatic N) is 5. The van der Waals surface area contributed by atoms with Crippen LogP contribution in [0.3, 0.4) is 0 Å². The molecule has 1 N–H and O–H groups in total. The molecule has 0 spiro atoms. The third-order valence-electron chi connectivity index (χ3n) is 6.51. The van der Waals surface area contributed by atoms with Crippen molar-refractivity contribution in [2.75, 3.05) is 55.7 Å². The van der Waals surface area contributed by atoms with E-state index in [9.17, 15) is 9.59 Å². The van der Waals surface area contributed by atoms with Crippen LogP contribution in [0.5, 0.6) is 0 Å². The van der Waals surface area contributed by atoms with Gasteiger partial charge in [-0.1, -0.05) is 0 Å². The van der Waals surface area contributed by atoms with Gasteiger partial charge in [-0.2, -0.15) is 5.10 Å². The van der Waals surface area contributed by atoms with Gasteiger partial charge in [-0.3, -0.25) is 19.3 Å².